The number of carbonyl (C=O) groups is 1. The van der Waals surface area contributed by atoms with Crippen molar-refractivity contribution in [1.82, 2.24) is 0 Å². The van der Waals surface area contributed by atoms with Crippen molar-refractivity contribution >= 4 is 67.8 Å². The fourth-order valence-corrected chi connectivity index (χ4v) is 4.21. The van der Waals surface area contributed by atoms with E-state index in [0.29, 0.717) is 15.1 Å². The number of rotatable bonds is 2. The molecule has 0 atom stereocenters. The van der Waals surface area contributed by atoms with Gasteiger partial charge in [-0.1, -0.05) is 40.9 Å². The Morgan fingerprint density at radius 2 is 1.76 bits per heavy atom. The van der Waals surface area contributed by atoms with Crippen LogP contribution < -0.4 is 5.32 Å². The Kier molecular flexibility index (Phi) is 4.90. The van der Waals surface area contributed by atoms with Crippen LogP contribution in [0.25, 0.3) is 10.1 Å². The maximum absolute atomic E-state index is 12.8. The molecule has 0 unspecified atom stereocenters. The summed E-state index contributed by atoms with van der Waals surface area (Å²) in [5, 5.41) is 3.41. The number of fused-ring (bicyclic) bond motifs is 1. The minimum Gasteiger partial charge on any atom is -0.320 e. The number of benzene rings is 2. The van der Waals surface area contributed by atoms with Gasteiger partial charge in [0.25, 0.3) is 5.91 Å². The lowest BCUT2D eigenvalue weighted by Crippen LogP contribution is -2.12. The average molecular weight is 425 g/mol. The summed E-state index contributed by atoms with van der Waals surface area (Å²) in [6.07, 6.45) is -4.55. The van der Waals surface area contributed by atoms with Crippen molar-refractivity contribution in [2.24, 2.45) is 0 Å². The minimum atomic E-state index is -4.55. The van der Waals surface area contributed by atoms with E-state index in [-0.39, 0.29) is 20.6 Å². The number of nitrogens with one attached hydrogen (secondary N) is 1. The first-order chi connectivity index (χ1) is 11.7. The van der Waals surface area contributed by atoms with Crippen LogP contribution in [0.1, 0.15) is 15.2 Å². The molecule has 130 valence electrons. The molecular formula is C16H7Cl3F3NOS. The topological polar surface area (TPSA) is 29.1 Å². The molecule has 0 saturated carbocycles. The van der Waals surface area contributed by atoms with Gasteiger partial charge in [-0.15, -0.1) is 11.3 Å². The van der Waals surface area contributed by atoms with E-state index in [2.05, 4.69) is 5.32 Å². The van der Waals surface area contributed by atoms with Crippen molar-refractivity contribution in [2.45, 2.75) is 6.18 Å². The summed E-state index contributed by atoms with van der Waals surface area (Å²) in [5.74, 6) is -0.663. The van der Waals surface area contributed by atoms with E-state index >= 15 is 0 Å². The predicted molar refractivity (Wildman–Crippen MR) is 96.3 cm³/mol. The molecule has 0 bridgehead atoms. The molecule has 0 spiro atoms. The molecule has 0 fully saturated rings. The van der Waals surface area contributed by atoms with Gasteiger partial charge in [0, 0.05) is 10.1 Å². The highest BCUT2D eigenvalue weighted by Crippen LogP contribution is 2.40. The van der Waals surface area contributed by atoms with Gasteiger partial charge in [-0.2, -0.15) is 13.2 Å². The highest BCUT2D eigenvalue weighted by Gasteiger charge is 2.31. The molecule has 1 amide bonds. The van der Waals surface area contributed by atoms with Crippen molar-refractivity contribution < 1.29 is 18.0 Å². The quantitative estimate of drug-likeness (QED) is 0.466. The molecule has 0 aliphatic heterocycles. The summed E-state index contributed by atoms with van der Waals surface area (Å²) in [6.45, 7) is 0. The number of amides is 1. The summed E-state index contributed by atoms with van der Waals surface area (Å²) >= 11 is 19.3. The van der Waals surface area contributed by atoms with E-state index in [1.807, 2.05) is 0 Å². The zero-order valence-corrected chi connectivity index (χ0v) is 15.1. The maximum Gasteiger partial charge on any atom is 0.416 e. The Morgan fingerprint density at radius 1 is 1.04 bits per heavy atom. The van der Waals surface area contributed by atoms with Gasteiger partial charge >= 0.3 is 6.18 Å². The van der Waals surface area contributed by atoms with Gasteiger partial charge in [0.1, 0.15) is 4.88 Å². The fraction of sp³-hybridized carbons (Fsp3) is 0.0625. The summed E-state index contributed by atoms with van der Waals surface area (Å²) < 4.78 is 39.1. The molecule has 1 aromatic heterocycles. The Morgan fingerprint density at radius 3 is 2.40 bits per heavy atom. The summed E-state index contributed by atoms with van der Waals surface area (Å²) in [5.41, 5.74) is -1.07. The SMILES string of the molecule is O=C(Nc1cc(C(F)(F)F)ccc1Cl)c1sc2cccc(Cl)c2c1Cl. The molecule has 0 saturated heterocycles. The number of halogens is 6. The highest BCUT2D eigenvalue weighted by molar-refractivity contribution is 7.21. The van der Waals surface area contributed by atoms with E-state index in [0.717, 1.165) is 29.5 Å². The van der Waals surface area contributed by atoms with Crippen molar-refractivity contribution in [2.75, 3.05) is 5.32 Å². The number of thiophene rings is 1. The lowest BCUT2D eigenvalue weighted by molar-refractivity contribution is -0.137. The standard InChI is InChI=1S/C16H7Cl3F3NOS/c17-8-5-4-7(16(20,21)22)6-10(8)23-15(24)14-13(19)12-9(18)2-1-3-11(12)25-14/h1-6H,(H,23,24). The van der Waals surface area contributed by atoms with Crippen LogP contribution in [0.15, 0.2) is 36.4 Å². The van der Waals surface area contributed by atoms with Crippen LogP contribution in [0, 0.1) is 0 Å². The van der Waals surface area contributed by atoms with E-state index in [4.69, 9.17) is 34.8 Å². The van der Waals surface area contributed by atoms with Gasteiger partial charge in [0.15, 0.2) is 0 Å². The number of hydrogen-bond acceptors (Lipinski definition) is 2. The molecule has 2 nitrogen and oxygen atoms in total. The third-order valence-electron chi connectivity index (χ3n) is 3.35. The van der Waals surface area contributed by atoms with Crippen LogP contribution in [0.3, 0.4) is 0 Å². The van der Waals surface area contributed by atoms with Gasteiger partial charge in [-0.05, 0) is 30.3 Å². The molecule has 0 aliphatic rings. The third kappa shape index (κ3) is 3.58. The lowest BCUT2D eigenvalue weighted by Gasteiger charge is -2.11. The molecule has 1 N–H and O–H groups in total. The predicted octanol–water partition coefficient (Wildman–Crippen LogP) is 7.13. The Hall–Kier alpha value is -1.47. The van der Waals surface area contributed by atoms with Gasteiger partial charge in [-0.25, -0.2) is 0 Å². The zero-order valence-electron chi connectivity index (χ0n) is 12.0. The van der Waals surface area contributed by atoms with Crippen LogP contribution >= 0.6 is 46.1 Å². The Balaban J connectivity index is 1.99. The molecule has 0 aliphatic carbocycles. The van der Waals surface area contributed by atoms with Crippen LogP contribution in [0.2, 0.25) is 15.1 Å². The number of carbonyl (C=O) groups excluding carboxylic acids is 1. The first-order valence-electron chi connectivity index (χ1n) is 6.73. The smallest absolute Gasteiger partial charge is 0.320 e. The van der Waals surface area contributed by atoms with Crippen LogP contribution in [0.5, 0.6) is 0 Å². The molecule has 2 aromatic carbocycles. The second-order valence-electron chi connectivity index (χ2n) is 5.00. The molecule has 3 aromatic rings. The Labute approximate surface area is 159 Å². The van der Waals surface area contributed by atoms with Crippen LogP contribution in [-0.4, -0.2) is 5.91 Å². The van der Waals surface area contributed by atoms with E-state index in [9.17, 15) is 18.0 Å². The van der Waals surface area contributed by atoms with Gasteiger partial charge in [0.2, 0.25) is 0 Å². The number of hydrogen-bond donors (Lipinski definition) is 1. The van der Waals surface area contributed by atoms with Crippen LogP contribution in [-0.2, 0) is 6.18 Å². The molecule has 25 heavy (non-hydrogen) atoms. The fourth-order valence-electron chi connectivity index (χ4n) is 2.19. The largest absolute Gasteiger partial charge is 0.416 e. The first kappa shape index (κ1) is 18.3. The highest BCUT2D eigenvalue weighted by atomic mass is 35.5. The summed E-state index contributed by atoms with van der Waals surface area (Å²) in [4.78, 5) is 12.6. The van der Waals surface area contributed by atoms with E-state index in [1.54, 1.807) is 18.2 Å². The van der Waals surface area contributed by atoms with Gasteiger partial charge < -0.3 is 5.32 Å². The van der Waals surface area contributed by atoms with Crippen molar-refractivity contribution in [1.29, 1.82) is 0 Å². The van der Waals surface area contributed by atoms with E-state index < -0.39 is 17.6 Å². The molecule has 0 radical (unpaired) electrons. The van der Waals surface area contributed by atoms with Crippen LogP contribution in [0.4, 0.5) is 18.9 Å². The second kappa shape index (κ2) is 6.68. The monoisotopic (exact) mass is 423 g/mol. The zero-order chi connectivity index (χ0) is 18.4. The summed E-state index contributed by atoms with van der Waals surface area (Å²) in [6, 6.07) is 7.77. The first-order valence-corrected chi connectivity index (χ1v) is 8.68. The van der Waals surface area contributed by atoms with E-state index in [1.165, 1.54) is 0 Å². The molecule has 3 rings (SSSR count). The average Bonchev–Trinajstić information content (AvgIpc) is 2.87. The molecule has 1 heterocycles. The van der Waals surface area contributed by atoms with Crippen molar-refractivity contribution in [3.8, 4) is 0 Å². The summed E-state index contributed by atoms with van der Waals surface area (Å²) in [7, 11) is 0. The van der Waals surface area contributed by atoms with Gasteiger partial charge in [0.05, 0.1) is 26.3 Å². The van der Waals surface area contributed by atoms with Gasteiger partial charge in [-0.3, -0.25) is 4.79 Å². The minimum absolute atomic E-state index is 0.0170. The number of anilines is 1. The third-order valence-corrected chi connectivity index (χ3v) is 5.64. The molecular weight excluding hydrogens is 418 g/mol. The normalized spacial score (nSPS) is 11.8. The maximum atomic E-state index is 12.8. The van der Waals surface area contributed by atoms with Crippen molar-refractivity contribution in [3.05, 3.63) is 61.9 Å². The lowest BCUT2D eigenvalue weighted by atomic mass is 10.2. The van der Waals surface area contributed by atoms with Crippen molar-refractivity contribution in [3.63, 3.8) is 0 Å². The molecule has 9 heteroatoms. The number of alkyl halides is 3. The second-order valence-corrected chi connectivity index (χ2v) is 7.25. The Bertz CT molecular complexity index is 985.